The van der Waals surface area contributed by atoms with Crippen molar-refractivity contribution in [2.24, 2.45) is 4.99 Å². The van der Waals surface area contributed by atoms with Crippen LogP contribution in [0.2, 0.25) is 0 Å². The molecule has 0 spiro atoms. The SMILES string of the molecule is C=C1C=CC(C(F)(F)F)=C/C1=N/c1c(N)c2nc3cc(C(F)(F)F)ccc3nc2c2nc3ccc(C(F)(F)F)cc3nc12. The molecule has 218 valence electrons. The van der Waals surface area contributed by atoms with Crippen molar-refractivity contribution in [1.82, 2.24) is 19.9 Å². The summed E-state index contributed by atoms with van der Waals surface area (Å²) < 4.78 is 121. The van der Waals surface area contributed by atoms with Gasteiger partial charge in [0.1, 0.15) is 27.8 Å². The lowest BCUT2D eigenvalue weighted by Crippen LogP contribution is -2.15. The first-order valence-electron chi connectivity index (χ1n) is 12.0. The molecule has 0 saturated heterocycles. The third-order valence-corrected chi connectivity index (χ3v) is 6.59. The van der Waals surface area contributed by atoms with Crippen molar-refractivity contribution in [2.45, 2.75) is 18.5 Å². The Hall–Kier alpha value is -5.08. The maximum atomic E-state index is 13.5. The Labute approximate surface area is 233 Å². The minimum absolute atomic E-state index is 0.0104. The number of alkyl halides is 9. The molecule has 0 bridgehead atoms. The number of aromatic nitrogens is 4. The fourth-order valence-electron chi connectivity index (χ4n) is 4.46. The Kier molecular flexibility index (Phi) is 6.01. The molecule has 3 aromatic carbocycles. The zero-order valence-electron chi connectivity index (χ0n) is 21.1. The first-order chi connectivity index (χ1) is 20.0. The summed E-state index contributed by atoms with van der Waals surface area (Å²) in [7, 11) is 0. The van der Waals surface area contributed by atoms with Crippen LogP contribution in [-0.4, -0.2) is 31.8 Å². The highest BCUT2D eigenvalue weighted by molar-refractivity contribution is 6.19. The van der Waals surface area contributed by atoms with Gasteiger partial charge in [-0.05, 0) is 54.1 Å². The summed E-state index contributed by atoms with van der Waals surface area (Å²) in [4.78, 5) is 21.6. The summed E-state index contributed by atoms with van der Waals surface area (Å²) in [5, 5.41) is 0. The highest BCUT2D eigenvalue weighted by atomic mass is 19.4. The van der Waals surface area contributed by atoms with Gasteiger partial charge in [-0.25, -0.2) is 24.9 Å². The molecule has 5 aromatic rings. The van der Waals surface area contributed by atoms with E-state index in [4.69, 9.17) is 5.73 Å². The lowest BCUT2D eigenvalue weighted by atomic mass is 10.0. The monoisotopic (exact) mass is 604 g/mol. The zero-order chi connectivity index (χ0) is 31.1. The van der Waals surface area contributed by atoms with E-state index in [1.807, 2.05) is 0 Å². The number of nitrogens with two attached hydrogens (primary N) is 1. The quantitative estimate of drug-likeness (QED) is 0.0902. The first-order valence-corrected chi connectivity index (χ1v) is 12.0. The molecule has 2 heterocycles. The molecule has 2 aromatic heterocycles. The van der Waals surface area contributed by atoms with Crippen molar-refractivity contribution in [3.63, 3.8) is 0 Å². The molecule has 6 nitrogen and oxygen atoms in total. The van der Waals surface area contributed by atoms with E-state index in [0.29, 0.717) is 6.08 Å². The number of halogens is 9. The number of anilines is 1. The molecule has 0 amide bonds. The summed E-state index contributed by atoms with van der Waals surface area (Å²) in [5.41, 5.74) is 1.25. The first kappa shape index (κ1) is 28.1. The summed E-state index contributed by atoms with van der Waals surface area (Å²) in [5.74, 6) is 0. The molecular formula is C28H13F9N6. The van der Waals surface area contributed by atoms with Crippen molar-refractivity contribution in [3.05, 3.63) is 83.5 Å². The van der Waals surface area contributed by atoms with E-state index >= 15 is 0 Å². The summed E-state index contributed by atoms with van der Waals surface area (Å²) >= 11 is 0. The van der Waals surface area contributed by atoms with Gasteiger partial charge in [-0.2, -0.15) is 39.5 Å². The number of allylic oxidation sites excluding steroid dienone is 5. The van der Waals surface area contributed by atoms with Gasteiger partial charge in [-0.15, -0.1) is 0 Å². The number of hydrogen-bond acceptors (Lipinski definition) is 6. The van der Waals surface area contributed by atoms with Crippen molar-refractivity contribution < 1.29 is 39.5 Å². The number of nitrogen functional groups attached to an aromatic ring is 1. The highest BCUT2D eigenvalue weighted by Crippen LogP contribution is 2.41. The summed E-state index contributed by atoms with van der Waals surface area (Å²) in [6.07, 6.45) is -11.6. The second-order valence-corrected chi connectivity index (χ2v) is 9.46. The van der Waals surface area contributed by atoms with E-state index in [9.17, 15) is 39.5 Å². The number of nitrogens with zero attached hydrogens (tertiary/aromatic N) is 5. The van der Waals surface area contributed by atoms with Crippen LogP contribution in [0.1, 0.15) is 11.1 Å². The van der Waals surface area contributed by atoms with Crippen molar-refractivity contribution in [1.29, 1.82) is 0 Å². The van der Waals surface area contributed by atoms with Crippen LogP contribution in [0, 0.1) is 0 Å². The van der Waals surface area contributed by atoms with Gasteiger partial charge in [0.2, 0.25) is 0 Å². The average molecular weight is 604 g/mol. The van der Waals surface area contributed by atoms with Crippen molar-refractivity contribution >= 4 is 61.2 Å². The van der Waals surface area contributed by atoms with Crippen LogP contribution >= 0.6 is 0 Å². The van der Waals surface area contributed by atoms with Crippen LogP contribution in [-0.2, 0) is 12.4 Å². The van der Waals surface area contributed by atoms with Crippen LogP contribution in [0.3, 0.4) is 0 Å². The number of rotatable bonds is 1. The maximum Gasteiger partial charge on any atom is 0.416 e. The normalized spacial score (nSPS) is 15.8. The minimum atomic E-state index is -4.75. The Morgan fingerprint density at radius 1 is 0.605 bits per heavy atom. The molecule has 0 unspecified atom stereocenters. The van der Waals surface area contributed by atoms with Crippen molar-refractivity contribution in [2.75, 3.05) is 5.73 Å². The predicted molar refractivity (Wildman–Crippen MR) is 142 cm³/mol. The van der Waals surface area contributed by atoms with Gasteiger partial charge in [0, 0.05) is 0 Å². The largest absolute Gasteiger partial charge is 0.416 e. The molecule has 0 saturated carbocycles. The smallest absolute Gasteiger partial charge is 0.395 e. The van der Waals surface area contributed by atoms with Crippen LogP contribution in [0.4, 0.5) is 50.9 Å². The Bertz CT molecular complexity index is 2120. The second kappa shape index (κ2) is 9.21. The number of aliphatic imine (C=N–C) groups is 1. The molecule has 0 fully saturated rings. The van der Waals surface area contributed by atoms with Crippen LogP contribution < -0.4 is 5.73 Å². The second-order valence-electron chi connectivity index (χ2n) is 9.46. The highest BCUT2D eigenvalue weighted by Gasteiger charge is 2.34. The number of benzene rings is 3. The summed E-state index contributed by atoms with van der Waals surface area (Å²) in [6.45, 7) is 3.68. The fourth-order valence-corrected chi connectivity index (χ4v) is 4.46. The van der Waals surface area contributed by atoms with Gasteiger partial charge in [-0.3, -0.25) is 0 Å². The standard InChI is InChI=1S/C28H13F9N6/c1-11-2-3-12(26(29,30)31)8-17(11)41-21-20(38)22-23(39-15-6-4-13(27(32,33)34)9-18(15)42-22)25-24(21)43-19-10-14(28(35,36)37)5-7-16(19)40-25/h2-10H,1,38H2/b41-17-. The molecule has 2 N–H and O–H groups in total. The van der Waals surface area contributed by atoms with Crippen LogP contribution in [0.25, 0.3) is 44.1 Å². The van der Waals surface area contributed by atoms with Crippen LogP contribution in [0.5, 0.6) is 0 Å². The molecule has 0 radical (unpaired) electrons. The molecule has 1 aliphatic rings. The Balaban J connectivity index is 1.73. The molecule has 0 aliphatic heterocycles. The third kappa shape index (κ3) is 4.89. The van der Waals surface area contributed by atoms with Crippen LogP contribution in [0.15, 0.2) is 77.3 Å². The number of hydrogen-bond donors (Lipinski definition) is 1. The molecule has 43 heavy (non-hydrogen) atoms. The molecule has 1 aliphatic carbocycles. The van der Waals surface area contributed by atoms with E-state index in [2.05, 4.69) is 31.5 Å². The zero-order valence-corrected chi connectivity index (χ0v) is 21.1. The number of fused-ring (bicyclic) bond motifs is 5. The van der Waals surface area contributed by atoms with Gasteiger partial charge >= 0.3 is 18.5 Å². The van der Waals surface area contributed by atoms with E-state index in [1.54, 1.807) is 0 Å². The van der Waals surface area contributed by atoms with Crippen molar-refractivity contribution in [3.8, 4) is 0 Å². The van der Waals surface area contributed by atoms with Gasteiger partial charge in [0.05, 0.1) is 50.2 Å². The Morgan fingerprint density at radius 2 is 1.09 bits per heavy atom. The van der Waals surface area contributed by atoms with Gasteiger partial charge < -0.3 is 5.73 Å². The minimum Gasteiger partial charge on any atom is -0.395 e. The average Bonchev–Trinajstić information content (AvgIpc) is 2.92. The lowest BCUT2D eigenvalue weighted by molar-refractivity contribution is -0.138. The van der Waals surface area contributed by atoms with Gasteiger partial charge in [0.15, 0.2) is 0 Å². The molecule has 6 rings (SSSR count). The fraction of sp³-hybridized carbons (Fsp3) is 0.107. The molecule has 15 heteroatoms. The lowest BCUT2D eigenvalue weighted by Gasteiger charge is -2.16. The van der Waals surface area contributed by atoms with Gasteiger partial charge in [-0.1, -0.05) is 12.7 Å². The predicted octanol–water partition coefficient (Wildman–Crippen LogP) is 8.19. The van der Waals surface area contributed by atoms with Gasteiger partial charge in [0.25, 0.3) is 0 Å². The van der Waals surface area contributed by atoms with E-state index < -0.39 is 35.2 Å². The molecular weight excluding hydrogens is 591 g/mol. The van der Waals surface area contributed by atoms with E-state index in [1.165, 1.54) is 0 Å². The van der Waals surface area contributed by atoms with E-state index in [-0.39, 0.29) is 66.8 Å². The summed E-state index contributed by atoms with van der Waals surface area (Å²) in [6, 6.07) is 5.19. The molecule has 0 atom stereocenters. The Morgan fingerprint density at radius 3 is 1.60 bits per heavy atom. The maximum absolute atomic E-state index is 13.5. The van der Waals surface area contributed by atoms with E-state index in [0.717, 1.165) is 48.6 Å². The third-order valence-electron chi connectivity index (χ3n) is 6.59. The topological polar surface area (TPSA) is 89.9 Å².